The first-order valence-electron chi connectivity index (χ1n) is 5.90. The number of fused-ring (bicyclic) bond motifs is 2. The molecular weight excluding hydrogens is 301 g/mol. The molecule has 0 aliphatic heterocycles. The number of hydrogen-bond acceptors (Lipinski definition) is 3. The second kappa shape index (κ2) is 4.43. The highest BCUT2D eigenvalue weighted by Gasteiger charge is 2.19. The summed E-state index contributed by atoms with van der Waals surface area (Å²) < 4.78 is 12.7. The van der Waals surface area contributed by atoms with Crippen molar-refractivity contribution in [3.63, 3.8) is 0 Å². The van der Waals surface area contributed by atoms with Gasteiger partial charge in [0.05, 0.1) is 17.5 Å². The number of ether oxygens (including phenoxy) is 1. The Morgan fingerprint density at radius 1 is 1.30 bits per heavy atom. The normalized spacial score (nSPS) is 11.4. The van der Waals surface area contributed by atoms with Gasteiger partial charge in [0.15, 0.2) is 5.58 Å². The van der Waals surface area contributed by atoms with Gasteiger partial charge in [0.2, 0.25) is 11.1 Å². The van der Waals surface area contributed by atoms with Gasteiger partial charge in [0.25, 0.3) is 0 Å². The van der Waals surface area contributed by atoms with Crippen LogP contribution in [0.5, 0.6) is 5.75 Å². The van der Waals surface area contributed by atoms with E-state index in [9.17, 15) is 4.79 Å². The van der Waals surface area contributed by atoms with Crippen molar-refractivity contribution in [2.45, 2.75) is 6.92 Å². The Morgan fingerprint density at radius 3 is 2.65 bits per heavy atom. The van der Waals surface area contributed by atoms with Crippen LogP contribution in [-0.4, -0.2) is 11.7 Å². The molecule has 0 saturated heterocycles. The fraction of sp³-hybridized carbons (Fsp3) is 0.214. The largest absolute Gasteiger partial charge is 0.496 e. The highest BCUT2D eigenvalue weighted by molar-refractivity contribution is 6.35. The predicted molar refractivity (Wildman–Crippen MR) is 80.3 cm³/mol. The zero-order valence-corrected chi connectivity index (χ0v) is 12.6. The van der Waals surface area contributed by atoms with Gasteiger partial charge in [0.1, 0.15) is 16.3 Å². The lowest BCUT2D eigenvalue weighted by atomic mass is 10.1. The van der Waals surface area contributed by atoms with E-state index in [1.54, 1.807) is 23.7 Å². The summed E-state index contributed by atoms with van der Waals surface area (Å²) >= 11 is 12.2. The van der Waals surface area contributed by atoms with E-state index < -0.39 is 0 Å². The maximum atomic E-state index is 12.7. The molecule has 0 bridgehead atoms. The van der Waals surface area contributed by atoms with Crippen molar-refractivity contribution in [2.75, 3.05) is 7.11 Å². The molecule has 4 nitrogen and oxygen atoms in total. The third kappa shape index (κ3) is 1.65. The Labute approximate surface area is 124 Å². The maximum absolute atomic E-state index is 12.7. The minimum atomic E-state index is -0.203. The van der Waals surface area contributed by atoms with Crippen molar-refractivity contribution < 1.29 is 9.15 Å². The maximum Gasteiger partial charge on any atom is 0.212 e. The smallest absolute Gasteiger partial charge is 0.212 e. The quantitative estimate of drug-likeness (QED) is 0.684. The summed E-state index contributed by atoms with van der Waals surface area (Å²) in [6.45, 7) is 1.83. The van der Waals surface area contributed by atoms with Crippen LogP contribution in [-0.2, 0) is 7.05 Å². The van der Waals surface area contributed by atoms with Gasteiger partial charge < -0.3 is 13.7 Å². The molecule has 104 valence electrons. The van der Waals surface area contributed by atoms with Gasteiger partial charge in [-0.3, -0.25) is 4.79 Å². The summed E-state index contributed by atoms with van der Waals surface area (Å²) in [6, 6.07) is 3.29. The van der Waals surface area contributed by atoms with Crippen molar-refractivity contribution in [1.82, 2.24) is 4.57 Å². The first kappa shape index (κ1) is 13.3. The van der Waals surface area contributed by atoms with E-state index in [1.807, 2.05) is 6.92 Å². The number of hydrogen-bond donors (Lipinski definition) is 0. The number of benzene rings is 1. The van der Waals surface area contributed by atoms with Crippen LogP contribution in [0.1, 0.15) is 5.56 Å². The molecule has 0 atom stereocenters. The van der Waals surface area contributed by atoms with E-state index in [-0.39, 0.29) is 5.43 Å². The van der Waals surface area contributed by atoms with Crippen LogP contribution in [0.25, 0.3) is 22.1 Å². The molecule has 0 spiro atoms. The lowest BCUT2D eigenvalue weighted by Gasteiger charge is -2.09. The summed E-state index contributed by atoms with van der Waals surface area (Å²) in [4.78, 5) is 12.7. The van der Waals surface area contributed by atoms with E-state index in [2.05, 4.69) is 0 Å². The molecule has 0 aliphatic carbocycles. The van der Waals surface area contributed by atoms with Crippen molar-refractivity contribution in [1.29, 1.82) is 0 Å². The van der Waals surface area contributed by atoms with Crippen LogP contribution >= 0.6 is 23.2 Å². The van der Waals surface area contributed by atoms with Gasteiger partial charge in [0, 0.05) is 7.05 Å². The number of aryl methyl sites for hydroxylation is 2. The van der Waals surface area contributed by atoms with Crippen LogP contribution in [0, 0.1) is 6.92 Å². The number of nitrogens with zero attached hydrogens (tertiary/aromatic N) is 1. The van der Waals surface area contributed by atoms with Crippen molar-refractivity contribution >= 4 is 45.3 Å². The Bertz CT molecular complexity index is 909. The molecule has 0 radical (unpaired) electrons. The second-order valence-electron chi connectivity index (χ2n) is 4.59. The molecule has 0 N–H and O–H groups in total. The van der Waals surface area contributed by atoms with Crippen LogP contribution in [0.3, 0.4) is 0 Å². The summed E-state index contributed by atoms with van der Waals surface area (Å²) in [7, 11) is 3.23. The van der Waals surface area contributed by atoms with Crippen molar-refractivity contribution in [3.05, 3.63) is 38.1 Å². The molecular formula is C14H11Cl2NO3. The van der Waals surface area contributed by atoms with Gasteiger partial charge in [-0.05, 0) is 24.6 Å². The Kier molecular flexibility index (Phi) is 2.96. The molecule has 2 aromatic heterocycles. The molecule has 0 aliphatic rings. The molecule has 0 amide bonds. The molecule has 20 heavy (non-hydrogen) atoms. The second-order valence-corrected chi connectivity index (χ2v) is 5.38. The molecule has 1 aromatic carbocycles. The zero-order valence-electron chi connectivity index (χ0n) is 11.1. The van der Waals surface area contributed by atoms with Crippen LogP contribution < -0.4 is 10.2 Å². The van der Waals surface area contributed by atoms with E-state index in [1.165, 1.54) is 7.11 Å². The van der Waals surface area contributed by atoms with E-state index in [4.69, 9.17) is 32.4 Å². The highest BCUT2D eigenvalue weighted by atomic mass is 35.5. The van der Waals surface area contributed by atoms with Crippen molar-refractivity contribution in [2.24, 2.45) is 7.05 Å². The first-order valence-corrected chi connectivity index (χ1v) is 6.66. The Balaban J connectivity index is 2.67. The molecule has 0 unspecified atom stereocenters. The fourth-order valence-corrected chi connectivity index (χ4v) is 2.87. The molecule has 2 heterocycles. The lowest BCUT2D eigenvalue weighted by molar-refractivity contribution is 0.416. The number of halogens is 2. The summed E-state index contributed by atoms with van der Waals surface area (Å²) in [5, 5.41) is 1.54. The first-order chi connectivity index (χ1) is 9.45. The monoisotopic (exact) mass is 311 g/mol. The summed E-state index contributed by atoms with van der Waals surface area (Å²) in [5.74, 6) is 0.472. The Hall–Kier alpha value is -1.65. The Morgan fingerprint density at radius 2 is 2.00 bits per heavy atom. The fourth-order valence-electron chi connectivity index (χ4n) is 2.38. The van der Waals surface area contributed by atoms with Gasteiger partial charge in [-0.25, -0.2) is 0 Å². The van der Waals surface area contributed by atoms with E-state index in [0.717, 1.165) is 5.56 Å². The zero-order chi connectivity index (χ0) is 14.6. The average molecular weight is 312 g/mol. The minimum Gasteiger partial charge on any atom is -0.496 e. The SMILES string of the molecule is COc1c(C)cc(Cl)c2oc3c(cc(Cl)n3C)c(=O)c12. The van der Waals surface area contributed by atoms with E-state index >= 15 is 0 Å². The molecule has 0 fully saturated rings. The van der Waals surface area contributed by atoms with Gasteiger partial charge in [-0.1, -0.05) is 23.2 Å². The molecule has 0 saturated carbocycles. The number of aromatic nitrogens is 1. The molecule has 3 rings (SSSR count). The third-order valence-electron chi connectivity index (χ3n) is 3.37. The number of rotatable bonds is 1. The van der Waals surface area contributed by atoms with Gasteiger partial charge >= 0.3 is 0 Å². The standard InChI is InChI=1S/C14H11Cl2NO3/c1-6-4-8(15)13-10(12(6)19-3)11(18)7-5-9(16)17(2)14(7)20-13/h4-5H,1-3H3. The third-order valence-corrected chi connectivity index (χ3v) is 4.01. The van der Waals surface area contributed by atoms with Crippen LogP contribution in [0.15, 0.2) is 21.3 Å². The van der Waals surface area contributed by atoms with Crippen molar-refractivity contribution in [3.8, 4) is 5.75 Å². The molecule has 3 aromatic rings. The predicted octanol–water partition coefficient (Wildman–Crippen LogP) is 3.91. The highest BCUT2D eigenvalue weighted by Crippen LogP contribution is 2.35. The van der Waals surface area contributed by atoms with Crippen LogP contribution in [0.2, 0.25) is 10.2 Å². The number of methoxy groups -OCH3 is 1. The molecule has 6 heteroatoms. The van der Waals surface area contributed by atoms with Gasteiger partial charge in [-0.2, -0.15) is 0 Å². The summed E-state index contributed by atoms with van der Waals surface area (Å²) in [6.07, 6.45) is 0. The minimum absolute atomic E-state index is 0.203. The van der Waals surface area contributed by atoms with E-state index in [0.29, 0.717) is 38.0 Å². The average Bonchev–Trinajstić information content (AvgIpc) is 2.68. The van der Waals surface area contributed by atoms with Gasteiger partial charge in [-0.15, -0.1) is 0 Å². The summed E-state index contributed by atoms with van der Waals surface area (Å²) in [5.41, 5.74) is 1.27. The lowest BCUT2D eigenvalue weighted by Crippen LogP contribution is -2.05. The topological polar surface area (TPSA) is 44.4 Å². The van der Waals surface area contributed by atoms with Crippen LogP contribution in [0.4, 0.5) is 0 Å².